The number of methoxy groups -OCH3 is 3. The van der Waals surface area contributed by atoms with E-state index in [-0.39, 0.29) is 11.7 Å². The largest absolute Gasteiger partial charge is 0.504 e. The number of hydrazone groups is 1. The van der Waals surface area contributed by atoms with Crippen molar-refractivity contribution in [2.75, 3.05) is 21.3 Å². The maximum absolute atomic E-state index is 12.2. The highest BCUT2D eigenvalue weighted by Crippen LogP contribution is 2.28. The molecule has 0 spiro atoms. The van der Waals surface area contributed by atoms with Gasteiger partial charge in [0.05, 0.1) is 27.0 Å². The van der Waals surface area contributed by atoms with E-state index in [1.807, 2.05) is 0 Å². The number of rotatable bonds is 6. The van der Waals surface area contributed by atoms with Crippen LogP contribution < -0.4 is 19.6 Å². The molecule has 0 saturated heterocycles. The summed E-state index contributed by atoms with van der Waals surface area (Å²) < 4.78 is 15.4. The van der Waals surface area contributed by atoms with Crippen LogP contribution in [-0.2, 0) is 0 Å². The Hall–Kier alpha value is -3.22. The summed E-state index contributed by atoms with van der Waals surface area (Å²) in [7, 11) is 4.49. The molecule has 0 aliphatic carbocycles. The summed E-state index contributed by atoms with van der Waals surface area (Å²) in [6.07, 6.45) is 0. The molecule has 0 aromatic heterocycles. The molecule has 132 valence electrons. The molecular weight excluding hydrogens is 324 g/mol. The van der Waals surface area contributed by atoms with E-state index in [0.29, 0.717) is 34.1 Å². The first-order chi connectivity index (χ1) is 12.0. The summed E-state index contributed by atoms with van der Waals surface area (Å²) in [6.45, 7) is 1.74. The van der Waals surface area contributed by atoms with E-state index in [0.717, 1.165) is 0 Å². The number of nitrogens with one attached hydrogen (secondary N) is 1. The smallest absolute Gasteiger partial charge is 0.271 e. The number of ether oxygens (including phenoxy) is 3. The zero-order chi connectivity index (χ0) is 18.4. The minimum absolute atomic E-state index is 0.0356. The molecule has 0 fully saturated rings. The topological polar surface area (TPSA) is 89.4 Å². The van der Waals surface area contributed by atoms with Gasteiger partial charge in [0, 0.05) is 11.1 Å². The van der Waals surface area contributed by atoms with E-state index < -0.39 is 0 Å². The quantitative estimate of drug-likeness (QED) is 0.621. The minimum atomic E-state index is -0.383. The van der Waals surface area contributed by atoms with E-state index in [2.05, 4.69) is 10.5 Å². The Labute approximate surface area is 145 Å². The van der Waals surface area contributed by atoms with Gasteiger partial charge in [-0.25, -0.2) is 5.43 Å². The second-order valence-corrected chi connectivity index (χ2v) is 5.09. The van der Waals surface area contributed by atoms with Crippen LogP contribution in [0.4, 0.5) is 0 Å². The predicted molar refractivity (Wildman–Crippen MR) is 93.9 cm³/mol. The van der Waals surface area contributed by atoms with Gasteiger partial charge in [0.15, 0.2) is 23.0 Å². The Bertz CT molecular complexity index is 802. The number of amides is 1. The van der Waals surface area contributed by atoms with E-state index in [9.17, 15) is 9.90 Å². The number of carbonyl (C=O) groups is 1. The second-order valence-electron chi connectivity index (χ2n) is 5.09. The lowest BCUT2D eigenvalue weighted by molar-refractivity contribution is 0.0954. The van der Waals surface area contributed by atoms with Crippen LogP contribution in [0, 0.1) is 0 Å². The molecule has 2 rings (SSSR count). The lowest BCUT2D eigenvalue weighted by atomic mass is 10.1. The molecule has 0 radical (unpaired) electrons. The van der Waals surface area contributed by atoms with Crippen LogP contribution in [0.15, 0.2) is 41.5 Å². The van der Waals surface area contributed by atoms with Gasteiger partial charge in [-0.05, 0) is 43.3 Å². The summed E-state index contributed by atoms with van der Waals surface area (Å²) in [5, 5.41) is 13.7. The highest BCUT2D eigenvalue weighted by molar-refractivity contribution is 6.01. The van der Waals surface area contributed by atoms with Crippen LogP contribution in [0.5, 0.6) is 23.0 Å². The molecule has 2 N–H and O–H groups in total. The van der Waals surface area contributed by atoms with Crippen molar-refractivity contribution in [2.24, 2.45) is 5.10 Å². The monoisotopic (exact) mass is 344 g/mol. The van der Waals surface area contributed by atoms with Gasteiger partial charge in [-0.3, -0.25) is 4.79 Å². The van der Waals surface area contributed by atoms with E-state index in [1.54, 1.807) is 37.3 Å². The Morgan fingerprint density at radius 1 is 0.920 bits per heavy atom. The molecule has 1 amide bonds. The first-order valence-corrected chi connectivity index (χ1v) is 7.44. The standard InChI is InChI=1S/C18H20N2O5/c1-11(12-5-7-14(21)16(9-12)24-3)19-20-18(22)13-6-8-15(23-2)17(10-13)25-4/h5-10,21H,1-4H3,(H,20,22). The third-order valence-corrected chi connectivity index (χ3v) is 3.57. The van der Waals surface area contributed by atoms with Gasteiger partial charge in [0.2, 0.25) is 0 Å². The normalized spacial score (nSPS) is 11.0. The number of nitrogens with zero attached hydrogens (tertiary/aromatic N) is 1. The van der Waals surface area contributed by atoms with Crippen molar-refractivity contribution in [2.45, 2.75) is 6.92 Å². The van der Waals surface area contributed by atoms with Crippen LogP contribution in [0.1, 0.15) is 22.8 Å². The number of phenolic OH excluding ortho intramolecular Hbond substituents is 1. The fraction of sp³-hybridized carbons (Fsp3) is 0.222. The van der Waals surface area contributed by atoms with Crippen LogP contribution in [0.2, 0.25) is 0 Å². The van der Waals surface area contributed by atoms with E-state index in [4.69, 9.17) is 14.2 Å². The minimum Gasteiger partial charge on any atom is -0.504 e. The van der Waals surface area contributed by atoms with Gasteiger partial charge in [0.1, 0.15) is 0 Å². The molecule has 2 aromatic rings. The summed E-state index contributed by atoms with van der Waals surface area (Å²) in [5.41, 5.74) is 4.15. The van der Waals surface area contributed by atoms with Crippen molar-refractivity contribution < 1.29 is 24.1 Å². The fourth-order valence-corrected chi connectivity index (χ4v) is 2.14. The van der Waals surface area contributed by atoms with Gasteiger partial charge < -0.3 is 19.3 Å². The van der Waals surface area contributed by atoms with Gasteiger partial charge in [-0.15, -0.1) is 0 Å². The van der Waals surface area contributed by atoms with Gasteiger partial charge in [0.25, 0.3) is 5.91 Å². The molecular formula is C18H20N2O5. The number of carbonyl (C=O) groups excluding carboxylic acids is 1. The summed E-state index contributed by atoms with van der Waals surface area (Å²) >= 11 is 0. The molecule has 0 aliphatic rings. The summed E-state index contributed by atoms with van der Waals surface area (Å²) in [5.74, 6) is 0.978. The molecule has 0 aliphatic heterocycles. The van der Waals surface area contributed by atoms with Crippen LogP contribution in [-0.4, -0.2) is 38.1 Å². The Kier molecular flexibility index (Phi) is 5.84. The SMILES string of the molecule is COc1cc(C(C)=NNC(=O)c2ccc(OC)c(OC)c2)ccc1O. The molecule has 0 bridgehead atoms. The van der Waals surface area contributed by atoms with Crippen LogP contribution >= 0.6 is 0 Å². The zero-order valence-electron chi connectivity index (χ0n) is 14.5. The molecule has 0 unspecified atom stereocenters. The number of hydrogen-bond acceptors (Lipinski definition) is 6. The van der Waals surface area contributed by atoms with Crippen molar-refractivity contribution >= 4 is 11.6 Å². The van der Waals surface area contributed by atoms with Crippen molar-refractivity contribution in [1.29, 1.82) is 0 Å². The van der Waals surface area contributed by atoms with Gasteiger partial charge >= 0.3 is 0 Å². The molecule has 0 atom stereocenters. The molecule has 7 nitrogen and oxygen atoms in total. The maximum atomic E-state index is 12.2. The van der Waals surface area contributed by atoms with Gasteiger partial charge in [-0.1, -0.05) is 0 Å². The highest BCUT2D eigenvalue weighted by Gasteiger charge is 2.11. The first kappa shape index (κ1) is 18.1. The lowest BCUT2D eigenvalue weighted by Crippen LogP contribution is -2.19. The predicted octanol–water partition coefficient (Wildman–Crippen LogP) is 2.57. The Morgan fingerprint density at radius 3 is 2.16 bits per heavy atom. The van der Waals surface area contributed by atoms with Crippen molar-refractivity contribution in [3.8, 4) is 23.0 Å². The molecule has 2 aromatic carbocycles. The summed E-state index contributed by atoms with van der Waals surface area (Å²) in [4.78, 5) is 12.2. The molecule has 0 saturated carbocycles. The first-order valence-electron chi connectivity index (χ1n) is 7.44. The Morgan fingerprint density at radius 2 is 1.52 bits per heavy atom. The fourth-order valence-electron chi connectivity index (χ4n) is 2.14. The maximum Gasteiger partial charge on any atom is 0.271 e. The van der Waals surface area contributed by atoms with Crippen LogP contribution in [0.3, 0.4) is 0 Å². The van der Waals surface area contributed by atoms with E-state index in [1.165, 1.54) is 27.4 Å². The third kappa shape index (κ3) is 4.20. The number of hydrogen-bond donors (Lipinski definition) is 2. The van der Waals surface area contributed by atoms with Crippen molar-refractivity contribution in [3.63, 3.8) is 0 Å². The number of phenols is 1. The van der Waals surface area contributed by atoms with E-state index >= 15 is 0 Å². The van der Waals surface area contributed by atoms with Gasteiger partial charge in [-0.2, -0.15) is 5.10 Å². The number of aromatic hydroxyl groups is 1. The van der Waals surface area contributed by atoms with Crippen molar-refractivity contribution in [1.82, 2.24) is 5.43 Å². The highest BCUT2D eigenvalue weighted by atomic mass is 16.5. The lowest BCUT2D eigenvalue weighted by Gasteiger charge is -2.09. The van der Waals surface area contributed by atoms with Crippen LogP contribution in [0.25, 0.3) is 0 Å². The molecule has 7 heteroatoms. The summed E-state index contributed by atoms with van der Waals surface area (Å²) in [6, 6.07) is 9.65. The molecule has 25 heavy (non-hydrogen) atoms. The van der Waals surface area contributed by atoms with Crippen molar-refractivity contribution in [3.05, 3.63) is 47.5 Å². The molecule has 0 heterocycles. The average molecular weight is 344 g/mol. The zero-order valence-corrected chi connectivity index (χ0v) is 14.5. The third-order valence-electron chi connectivity index (χ3n) is 3.57. The Balaban J connectivity index is 2.16. The average Bonchev–Trinajstić information content (AvgIpc) is 2.65. The second kappa shape index (κ2) is 8.05. The number of benzene rings is 2.